The average molecular weight is 553 g/mol. The van der Waals surface area contributed by atoms with Crippen LogP contribution in [0.25, 0.3) is 5.57 Å². The molecule has 0 bridgehead atoms. The number of allylic oxidation sites excluding steroid dienone is 5. The summed E-state index contributed by atoms with van der Waals surface area (Å²) in [7, 11) is 1.69. The van der Waals surface area contributed by atoms with Crippen molar-refractivity contribution < 1.29 is 24.1 Å². The van der Waals surface area contributed by atoms with Crippen molar-refractivity contribution in [3.05, 3.63) is 98.9 Å². The highest BCUT2D eigenvalue weighted by Crippen LogP contribution is 2.43. The maximum absolute atomic E-state index is 15.2. The Morgan fingerprint density at radius 1 is 1.15 bits per heavy atom. The van der Waals surface area contributed by atoms with Gasteiger partial charge >= 0.3 is 5.97 Å². The van der Waals surface area contributed by atoms with Crippen LogP contribution in [0.2, 0.25) is 5.02 Å². The molecule has 4 nitrogen and oxygen atoms in total. The Balaban J connectivity index is 1.75. The minimum Gasteiger partial charge on any atom is -0.478 e. The normalized spacial score (nSPS) is 22.4. The van der Waals surface area contributed by atoms with E-state index in [1.54, 1.807) is 25.3 Å². The molecule has 1 unspecified atom stereocenters. The zero-order valence-corrected chi connectivity index (χ0v) is 23.7. The number of benzene rings is 2. The fourth-order valence-electron chi connectivity index (χ4n) is 5.91. The van der Waals surface area contributed by atoms with Gasteiger partial charge in [0.2, 0.25) is 0 Å². The number of halogens is 2. The van der Waals surface area contributed by atoms with Crippen molar-refractivity contribution in [1.29, 1.82) is 0 Å². The second-order valence-electron chi connectivity index (χ2n) is 11.2. The lowest BCUT2D eigenvalue weighted by Gasteiger charge is -2.35. The number of carbonyl (C=O) groups is 1. The van der Waals surface area contributed by atoms with E-state index in [4.69, 9.17) is 16.3 Å². The Morgan fingerprint density at radius 2 is 1.85 bits per heavy atom. The van der Waals surface area contributed by atoms with E-state index in [9.17, 15) is 15.0 Å². The second kappa shape index (κ2) is 12.6. The molecule has 4 rings (SSSR count). The first-order valence-corrected chi connectivity index (χ1v) is 14.1. The number of aryl methyl sites for hydroxylation is 1. The van der Waals surface area contributed by atoms with Crippen LogP contribution >= 0.6 is 11.6 Å². The molecule has 0 heterocycles. The van der Waals surface area contributed by atoms with Crippen LogP contribution in [-0.4, -0.2) is 35.5 Å². The maximum atomic E-state index is 15.2. The summed E-state index contributed by atoms with van der Waals surface area (Å²) in [5.74, 6) is -0.899. The molecule has 208 valence electrons. The third-order valence-corrected chi connectivity index (χ3v) is 8.60. The predicted octanol–water partition coefficient (Wildman–Crippen LogP) is 8.28. The summed E-state index contributed by atoms with van der Waals surface area (Å²) in [6.07, 6.45) is 11.9. The molecule has 1 fully saturated rings. The van der Waals surface area contributed by atoms with Crippen molar-refractivity contribution in [1.82, 2.24) is 0 Å². The number of methoxy groups -OCH3 is 1. The zero-order chi connectivity index (χ0) is 28.2. The fourth-order valence-corrected chi connectivity index (χ4v) is 6.06. The van der Waals surface area contributed by atoms with Gasteiger partial charge in [0.25, 0.3) is 0 Å². The molecule has 2 aliphatic carbocycles. The molecule has 0 saturated heterocycles. The van der Waals surface area contributed by atoms with E-state index in [-0.39, 0.29) is 16.5 Å². The van der Waals surface area contributed by atoms with Crippen molar-refractivity contribution in [2.24, 2.45) is 5.92 Å². The van der Waals surface area contributed by atoms with Gasteiger partial charge in [-0.1, -0.05) is 53.6 Å². The summed E-state index contributed by atoms with van der Waals surface area (Å²) in [5, 5.41) is 20.1. The van der Waals surface area contributed by atoms with Gasteiger partial charge in [-0.2, -0.15) is 0 Å². The minimum atomic E-state index is -0.949. The molecule has 2 aromatic carbocycles. The number of carboxylic acid groups (broad SMARTS) is 1. The highest BCUT2D eigenvalue weighted by atomic mass is 35.5. The van der Waals surface area contributed by atoms with Crippen LogP contribution in [0.5, 0.6) is 0 Å². The third-order valence-electron chi connectivity index (χ3n) is 8.31. The SMILES string of the molecule is COCCC1=C(C(CC2CCC(C)(O)CC2)c2ccc(C(=O)O)cc2)C=CC(c2c(C)ccc(Cl)c2F)=CC1. The van der Waals surface area contributed by atoms with E-state index in [1.807, 2.05) is 38.1 Å². The third kappa shape index (κ3) is 7.08. The zero-order valence-electron chi connectivity index (χ0n) is 23.0. The van der Waals surface area contributed by atoms with Gasteiger partial charge in [-0.05, 0) is 105 Å². The van der Waals surface area contributed by atoms with E-state index >= 15 is 4.39 Å². The molecule has 2 aliphatic rings. The quantitative estimate of drug-likeness (QED) is 0.328. The van der Waals surface area contributed by atoms with Crippen molar-refractivity contribution >= 4 is 23.1 Å². The number of aliphatic hydroxyl groups is 1. The Labute approximate surface area is 235 Å². The van der Waals surface area contributed by atoms with Gasteiger partial charge in [0, 0.05) is 25.2 Å². The van der Waals surface area contributed by atoms with Crippen molar-refractivity contribution in [2.75, 3.05) is 13.7 Å². The number of ether oxygens (including phenoxy) is 1. The maximum Gasteiger partial charge on any atom is 0.335 e. The summed E-state index contributed by atoms with van der Waals surface area (Å²) in [6.45, 7) is 4.37. The van der Waals surface area contributed by atoms with Gasteiger partial charge in [-0.15, -0.1) is 0 Å². The lowest BCUT2D eigenvalue weighted by Crippen LogP contribution is -2.31. The van der Waals surface area contributed by atoms with E-state index in [2.05, 4.69) is 12.2 Å². The van der Waals surface area contributed by atoms with Crippen molar-refractivity contribution in [3.63, 3.8) is 0 Å². The summed E-state index contributed by atoms with van der Waals surface area (Å²) < 4.78 is 20.6. The predicted molar refractivity (Wildman–Crippen MR) is 155 cm³/mol. The van der Waals surface area contributed by atoms with Crippen LogP contribution in [0, 0.1) is 18.7 Å². The second-order valence-corrected chi connectivity index (χ2v) is 11.6. The summed E-state index contributed by atoms with van der Waals surface area (Å²) in [4.78, 5) is 11.5. The molecule has 2 aromatic rings. The highest BCUT2D eigenvalue weighted by Gasteiger charge is 2.32. The molecule has 0 radical (unpaired) electrons. The average Bonchev–Trinajstić information content (AvgIpc) is 3.12. The van der Waals surface area contributed by atoms with E-state index in [1.165, 1.54) is 11.1 Å². The Kier molecular flexibility index (Phi) is 9.47. The van der Waals surface area contributed by atoms with Gasteiger partial charge in [-0.25, -0.2) is 9.18 Å². The first-order chi connectivity index (χ1) is 18.6. The molecular formula is C33H38ClFO4. The Morgan fingerprint density at radius 3 is 2.49 bits per heavy atom. The Hall–Kier alpha value is -2.73. The van der Waals surface area contributed by atoms with E-state index in [0.717, 1.165) is 55.2 Å². The number of aromatic carboxylic acids is 1. The number of carboxylic acids is 1. The van der Waals surface area contributed by atoms with Gasteiger partial charge in [0.15, 0.2) is 0 Å². The minimum absolute atomic E-state index is 0.0297. The number of hydrogen-bond acceptors (Lipinski definition) is 3. The molecule has 0 spiro atoms. The van der Waals surface area contributed by atoms with Crippen LogP contribution in [0.1, 0.15) is 84.8 Å². The van der Waals surface area contributed by atoms with Crippen LogP contribution in [0.3, 0.4) is 0 Å². The molecular weight excluding hydrogens is 515 g/mol. The number of hydrogen-bond donors (Lipinski definition) is 2. The van der Waals surface area contributed by atoms with Crippen LogP contribution in [0.4, 0.5) is 4.39 Å². The molecule has 0 aliphatic heterocycles. The molecule has 2 N–H and O–H groups in total. The van der Waals surface area contributed by atoms with Crippen LogP contribution in [0.15, 0.2) is 65.8 Å². The highest BCUT2D eigenvalue weighted by molar-refractivity contribution is 6.31. The molecule has 1 atom stereocenters. The number of rotatable bonds is 9. The van der Waals surface area contributed by atoms with Gasteiger partial charge in [0.05, 0.1) is 16.2 Å². The van der Waals surface area contributed by atoms with Gasteiger partial charge in [0.1, 0.15) is 5.82 Å². The largest absolute Gasteiger partial charge is 0.478 e. The summed E-state index contributed by atoms with van der Waals surface area (Å²) in [6, 6.07) is 10.6. The summed E-state index contributed by atoms with van der Waals surface area (Å²) in [5.41, 5.74) is 5.22. The topological polar surface area (TPSA) is 66.8 Å². The molecule has 1 saturated carbocycles. The summed E-state index contributed by atoms with van der Waals surface area (Å²) >= 11 is 6.15. The van der Waals surface area contributed by atoms with Crippen molar-refractivity contribution in [2.45, 2.75) is 70.3 Å². The van der Waals surface area contributed by atoms with Gasteiger partial charge < -0.3 is 14.9 Å². The molecule has 0 amide bonds. The monoisotopic (exact) mass is 552 g/mol. The first kappa shape index (κ1) is 29.3. The standard InChI is InChI=1S/C33H38ClFO4/c1-21-4-13-29(34)31(35)30(21)25-8-5-24(16-19-39-3)27(12-11-25)28(20-22-14-17-33(2,38)18-15-22)23-6-9-26(10-7-23)32(36)37/h4,6-13,22,28,38H,5,14-20H2,1-3H3,(H,36,37). The van der Waals surface area contributed by atoms with E-state index < -0.39 is 17.4 Å². The van der Waals surface area contributed by atoms with Crippen LogP contribution in [-0.2, 0) is 4.74 Å². The molecule has 0 aromatic heterocycles. The Bertz CT molecular complexity index is 1280. The van der Waals surface area contributed by atoms with Crippen LogP contribution < -0.4 is 0 Å². The first-order valence-electron chi connectivity index (χ1n) is 13.7. The lowest BCUT2D eigenvalue weighted by molar-refractivity contribution is 0.00643. The van der Waals surface area contributed by atoms with Crippen molar-refractivity contribution in [3.8, 4) is 0 Å². The van der Waals surface area contributed by atoms with E-state index in [0.29, 0.717) is 24.5 Å². The molecule has 6 heteroatoms. The molecule has 39 heavy (non-hydrogen) atoms. The fraction of sp³-hybridized carbons (Fsp3) is 0.424. The lowest BCUT2D eigenvalue weighted by atomic mass is 9.73. The smallest absolute Gasteiger partial charge is 0.335 e. The van der Waals surface area contributed by atoms with Gasteiger partial charge in [-0.3, -0.25) is 0 Å².